The van der Waals surface area contributed by atoms with Crippen molar-refractivity contribution >= 4 is 5.78 Å². The molecule has 1 aliphatic heterocycles. The normalized spacial score (nSPS) is 16.6. The highest BCUT2D eigenvalue weighted by Gasteiger charge is 2.13. The molecule has 0 bridgehead atoms. The van der Waals surface area contributed by atoms with Crippen molar-refractivity contribution < 1.29 is 9.53 Å². The Morgan fingerprint density at radius 3 is 2.91 bits per heavy atom. The molecular weight excluding hydrogens is 140 g/mol. The van der Waals surface area contributed by atoms with Crippen LogP contribution in [0.15, 0.2) is 24.0 Å². The summed E-state index contributed by atoms with van der Waals surface area (Å²) < 4.78 is 5.15. The Labute approximate surface area is 66.5 Å². The summed E-state index contributed by atoms with van der Waals surface area (Å²) in [5.41, 5.74) is 0.540. The first-order chi connectivity index (χ1) is 5.22. The topological polar surface area (TPSA) is 26.3 Å². The van der Waals surface area contributed by atoms with Crippen LogP contribution in [0.5, 0.6) is 0 Å². The van der Waals surface area contributed by atoms with Gasteiger partial charge in [-0.1, -0.05) is 6.58 Å². The second-order valence-corrected chi connectivity index (χ2v) is 2.67. The summed E-state index contributed by atoms with van der Waals surface area (Å²) in [6.07, 6.45) is 3.78. The zero-order valence-corrected chi connectivity index (χ0v) is 6.72. The molecule has 1 rings (SSSR count). The van der Waals surface area contributed by atoms with Gasteiger partial charge in [-0.25, -0.2) is 0 Å². The van der Waals surface area contributed by atoms with Gasteiger partial charge in [0.25, 0.3) is 0 Å². The lowest BCUT2D eigenvalue weighted by molar-refractivity contribution is -0.115. The minimum Gasteiger partial charge on any atom is -0.490 e. The van der Waals surface area contributed by atoms with Crippen LogP contribution < -0.4 is 0 Å². The van der Waals surface area contributed by atoms with E-state index in [0.29, 0.717) is 17.9 Å². The van der Waals surface area contributed by atoms with Gasteiger partial charge in [0.15, 0.2) is 5.76 Å². The zero-order chi connectivity index (χ0) is 8.27. The van der Waals surface area contributed by atoms with Gasteiger partial charge >= 0.3 is 0 Å². The van der Waals surface area contributed by atoms with Gasteiger partial charge in [0.05, 0.1) is 6.61 Å². The van der Waals surface area contributed by atoms with E-state index in [9.17, 15) is 4.79 Å². The van der Waals surface area contributed by atoms with E-state index >= 15 is 0 Å². The molecule has 1 aliphatic rings. The Kier molecular flexibility index (Phi) is 2.47. The summed E-state index contributed by atoms with van der Waals surface area (Å²) in [6.45, 7) is 5.91. The number of carbonyl (C=O) groups excluding carboxylic acids is 1. The van der Waals surface area contributed by atoms with Crippen molar-refractivity contribution in [1.29, 1.82) is 0 Å². The molecule has 0 saturated heterocycles. The van der Waals surface area contributed by atoms with E-state index in [2.05, 4.69) is 6.58 Å². The molecule has 0 unspecified atom stereocenters. The third-order valence-electron chi connectivity index (χ3n) is 1.55. The number of carbonyl (C=O) groups is 1. The summed E-state index contributed by atoms with van der Waals surface area (Å²) in [5, 5.41) is 0. The van der Waals surface area contributed by atoms with Gasteiger partial charge < -0.3 is 4.74 Å². The van der Waals surface area contributed by atoms with Crippen molar-refractivity contribution in [2.45, 2.75) is 19.8 Å². The molecule has 0 aliphatic carbocycles. The summed E-state index contributed by atoms with van der Waals surface area (Å²) >= 11 is 0. The largest absolute Gasteiger partial charge is 0.490 e. The van der Waals surface area contributed by atoms with E-state index in [1.54, 1.807) is 6.92 Å². The van der Waals surface area contributed by atoms with Gasteiger partial charge in [-0.15, -0.1) is 0 Å². The van der Waals surface area contributed by atoms with Crippen LogP contribution in [0.25, 0.3) is 0 Å². The van der Waals surface area contributed by atoms with Gasteiger partial charge in [-0.05, 0) is 31.4 Å². The van der Waals surface area contributed by atoms with Crippen LogP contribution in [0.2, 0.25) is 0 Å². The fourth-order valence-corrected chi connectivity index (χ4v) is 0.926. The van der Waals surface area contributed by atoms with Crippen LogP contribution in [0.3, 0.4) is 0 Å². The van der Waals surface area contributed by atoms with Gasteiger partial charge in [0.1, 0.15) is 0 Å². The van der Waals surface area contributed by atoms with Crippen LogP contribution in [0.4, 0.5) is 0 Å². The standard InChI is InChI=1S/C9H12O2/c1-7(2)9(10)8-5-3-4-6-11-8/h5H,1,3-4,6H2,2H3. The summed E-state index contributed by atoms with van der Waals surface area (Å²) in [7, 11) is 0. The molecule has 2 heteroatoms. The predicted molar refractivity (Wildman–Crippen MR) is 43.1 cm³/mol. The highest BCUT2D eigenvalue weighted by molar-refractivity contribution is 6.05. The molecule has 1 heterocycles. The van der Waals surface area contributed by atoms with Crippen molar-refractivity contribution in [3.63, 3.8) is 0 Å². The lowest BCUT2D eigenvalue weighted by Gasteiger charge is -2.13. The second kappa shape index (κ2) is 3.37. The molecule has 0 aromatic carbocycles. The van der Waals surface area contributed by atoms with E-state index in [0.717, 1.165) is 12.8 Å². The SMILES string of the molecule is C=C(C)C(=O)C1=CCCCO1. The van der Waals surface area contributed by atoms with Crippen LogP contribution in [0.1, 0.15) is 19.8 Å². The van der Waals surface area contributed by atoms with Gasteiger partial charge in [0.2, 0.25) is 5.78 Å². The Balaban J connectivity index is 2.66. The molecule has 0 radical (unpaired) electrons. The van der Waals surface area contributed by atoms with Crippen molar-refractivity contribution in [2.24, 2.45) is 0 Å². The Hall–Kier alpha value is -1.05. The molecule has 0 aromatic heterocycles. The second-order valence-electron chi connectivity index (χ2n) is 2.67. The van der Waals surface area contributed by atoms with E-state index in [1.807, 2.05) is 6.08 Å². The molecule has 0 N–H and O–H groups in total. The molecule has 0 spiro atoms. The number of allylic oxidation sites excluding steroid dienone is 2. The fourth-order valence-electron chi connectivity index (χ4n) is 0.926. The van der Waals surface area contributed by atoms with Crippen LogP contribution >= 0.6 is 0 Å². The van der Waals surface area contributed by atoms with Gasteiger partial charge in [-0.2, -0.15) is 0 Å². The third-order valence-corrected chi connectivity index (χ3v) is 1.55. The maximum atomic E-state index is 11.2. The summed E-state index contributed by atoms with van der Waals surface area (Å²) in [5.74, 6) is 0.411. The van der Waals surface area contributed by atoms with E-state index in [4.69, 9.17) is 4.74 Å². The number of Topliss-reactive ketones (excluding diaryl/α,β-unsaturated/α-hetero) is 1. The maximum absolute atomic E-state index is 11.2. The molecule has 11 heavy (non-hydrogen) atoms. The molecular formula is C9H12O2. The third kappa shape index (κ3) is 1.93. The average Bonchev–Trinajstić information content (AvgIpc) is 2.05. The molecule has 0 aromatic rings. The molecule has 0 fully saturated rings. The van der Waals surface area contributed by atoms with Crippen molar-refractivity contribution in [3.05, 3.63) is 24.0 Å². The van der Waals surface area contributed by atoms with Gasteiger partial charge in [0, 0.05) is 0 Å². The van der Waals surface area contributed by atoms with Crippen molar-refractivity contribution in [1.82, 2.24) is 0 Å². The first kappa shape index (κ1) is 8.05. The molecule has 60 valence electrons. The average molecular weight is 152 g/mol. The first-order valence-corrected chi connectivity index (χ1v) is 3.75. The van der Waals surface area contributed by atoms with Crippen LogP contribution in [-0.2, 0) is 9.53 Å². The number of hydrogen-bond acceptors (Lipinski definition) is 2. The van der Waals surface area contributed by atoms with Gasteiger partial charge in [-0.3, -0.25) is 4.79 Å². The minimum atomic E-state index is -0.0651. The first-order valence-electron chi connectivity index (χ1n) is 3.75. The summed E-state index contributed by atoms with van der Waals surface area (Å²) in [6, 6.07) is 0. The number of rotatable bonds is 2. The van der Waals surface area contributed by atoms with E-state index in [-0.39, 0.29) is 5.78 Å². The monoisotopic (exact) mass is 152 g/mol. The quantitative estimate of drug-likeness (QED) is 0.564. The molecule has 2 nitrogen and oxygen atoms in total. The van der Waals surface area contributed by atoms with Crippen molar-refractivity contribution in [3.8, 4) is 0 Å². The highest BCUT2D eigenvalue weighted by Crippen LogP contribution is 2.13. The Morgan fingerprint density at radius 1 is 1.73 bits per heavy atom. The molecule has 0 amide bonds. The molecule has 0 saturated carbocycles. The van der Waals surface area contributed by atoms with Crippen LogP contribution in [-0.4, -0.2) is 12.4 Å². The number of ether oxygens (including phenoxy) is 1. The zero-order valence-electron chi connectivity index (χ0n) is 6.72. The smallest absolute Gasteiger partial charge is 0.222 e. The maximum Gasteiger partial charge on any atom is 0.222 e. The predicted octanol–water partition coefficient (Wildman–Crippen LogP) is 1.83. The summed E-state index contributed by atoms with van der Waals surface area (Å²) in [4.78, 5) is 11.2. The van der Waals surface area contributed by atoms with Crippen LogP contribution in [0, 0.1) is 0 Å². The number of ketones is 1. The van der Waals surface area contributed by atoms with Crippen molar-refractivity contribution in [2.75, 3.05) is 6.61 Å². The lowest BCUT2D eigenvalue weighted by Crippen LogP contribution is -2.11. The van der Waals surface area contributed by atoms with E-state index < -0.39 is 0 Å². The molecule has 0 atom stereocenters. The number of hydrogen-bond donors (Lipinski definition) is 0. The fraction of sp³-hybridized carbons (Fsp3) is 0.444. The lowest BCUT2D eigenvalue weighted by atomic mass is 10.1. The minimum absolute atomic E-state index is 0.0651. The van der Waals surface area contributed by atoms with E-state index in [1.165, 1.54) is 0 Å². The Bertz CT molecular complexity index is 214. The highest BCUT2D eigenvalue weighted by atomic mass is 16.5. The Morgan fingerprint density at radius 2 is 2.45 bits per heavy atom.